The lowest BCUT2D eigenvalue weighted by atomic mass is 9.97. The van der Waals surface area contributed by atoms with Gasteiger partial charge >= 0.3 is 11.9 Å². The van der Waals surface area contributed by atoms with Crippen LogP contribution in [0.3, 0.4) is 0 Å². The van der Waals surface area contributed by atoms with Gasteiger partial charge in [0, 0.05) is 12.8 Å². The first-order valence-corrected chi connectivity index (χ1v) is 10.9. The second kappa shape index (κ2) is 15.2. The van der Waals surface area contributed by atoms with E-state index in [1.165, 1.54) is 0 Å². The van der Waals surface area contributed by atoms with Crippen molar-refractivity contribution in [1.82, 2.24) is 16.0 Å². The number of hydrogen-bond donors (Lipinski definition) is 8. The van der Waals surface area contributed by atoms with Gasteiger partial charge in [-0.15, -0.1) is 0 Å². The van der Waals surface area contributed by atoms with Crippen molar-refractivity contribution in [3.63, 3.8) is 0 Å². The summed E-state index contributed by atoms with van der Waals surface area (Å²) in [4.78, 5) is 82.4. The van der Waals surface area contributed by atoms with Gasteiger partial charge in [-0.1, -0.05) is 20.3 Å². The maximum Gasteiger partial charge on any atom is 0.326 e. The molecule has 0 fully saturated rings. The van der Waals surface area contributed by atoms with Crippen molar-refractivity contribution >= 4 is 41.5 Å². The molecule has 0 spiro atoms. The SMILES string of the molecule is CCC(C)C(NC(=O)C(CC(N)=O)NC(=O)C(N)CCC(=O)O)C(=O)NC(CCC(N)=O)C(=O)O. The number of aliphatic carboxylic acids is 2. The van der Waals surface area contributed by atoms with Crippen LogP contribution in [-0.4, -0.2) is 75.9 Å². The molecule has 5 atom stereocenters. The second-order valence-corrected chi connectivity index (χ2v) is 8.05. The molecule has 0 aromatic rings. The summed E-state index contributed by atoms with van der Waals surface area (Å²) in [7, 11) is 0. The van der Waals surface area contributed by atoms with Gasteiger partial charge in [-0.2, -0.15) is 0 Å². The van der Waals surface area contributed by atoms with Crippen LogP contribution in [0.25, 0.3) is 0 Å². The fraction of sp³-hybridized carbons (Fsp3) is 0.650. The lowest BCUT2D eigenvalue weighted by Crippen LogP contribution is -2.59. The van der Waals surface area contributed by atoms with Gasteiger partial charge in [0.15, 0.2) is 0 Å². The number of nitrogens with two attached hydrogens (primary N) is 3. The Morgan fingerprint density at radius 2 is 1.34 bits per heavy atom. The molecule has 0 bridgehead atoms. The smallest absolute Gasteiger partial charge is 0.326 e. The zero-order valence-corrected chi connectivity index (χ0v) is 19.6. The summed E-state index contributed by atoms with van der Waals surface area (Å²) in [5.41, 5.74) is 15.8. The highest BCUT2D eigenvalue weighted by atomic mass is 16.4. The molecule has 0 saturated heterocycles. The minimum absolute atomic E-state index is 0.230. The first-order chi connectivity index (χ1) is 16.2. The molecule has 5 amide bonds. The van der Waals surface area contributed by atoms with Crippen molar-refractivity contribution in [3.05, 3.63) is 0 Å². The summed E-state index contributed by atoms with van der Waals surface area (Å²) < 4.78 is 0. The Labute approximate surface area is 201 Å². The standard InChI is InChI=1S/C20H34N6O9/c1-3-9(2)16(19(33)24-11(20(34)35)5-6-13(22)27)26-18(32)12(8-14(23)28)25-17(31)10(21)4-7-15(29)30/h9-12,16H,3-8,21H2,1-2H3,(H2,22,27)(H2,23,28)(H,24,33)(H,25,31)(H,26,32)(H,29,30)(H,34,35). The molecular formula is C20H34N6O9. The number of carboxylic acid groups (broad SMARTS) is 2. The molecule has 15 heteroatoms. The molecule has 0 heterocycles. The van der Waals surface area contributed by atoms with Crippen LogP contribution in [0.15, 0.2) is 0 Å². The molecule has 0 aliphatic carbocycles. The van der Waals surface area contributed by atoms with Crippen molar-refractivity contribution in [1.29, 1.82) is 0 Å². The Kier molecular flexibility index (Phi) is 13.6. The van der Waals surface area contributed by atoms with Gasteiger partial charge in [0.1, 0.15) is 18.1 Å². The average molecular weight is 503 g/mol. The number of primary amides is 2. The molecule has 5 unspecified atom stereocenters. The molecule has 198 valence electrons. The molecule has 0 aliphatic heterocycles. The van der Waals surface area contributed by atoms with Crippen LogP contribution in [0, 0.1) is 5.92 Å². The lowest BCUT2D eigenvalue weighted by molar-refractivity contribution is -0.143. The summed E-state index contributed by atoms with van der Waals surface area (Å²) in [6.07, 6.45) is -1.47. The minimum Gasteiger partial charge on any atom is -0.481 e. The van der Waals surface area contributed by atoms with E-state index in [9.17, 15) is 38.7 Å². The van der Waals surface area contributed by atoms with E-state index in [1.54, 1.807) is 13.8 Å². The quantitative estimate of drug-likeness (QED) is 0.0991. The zero-order valence-electron chi connectivity index (χ0n) is 19.6. The third-order valence-corrected chi connectivity index (χ3v) is 5.13. The minimum atomic E-state index is -1.53. The Morgan fingerprint density at radius 1 is 0.771 bits per heavy atom. The van der Waals surface area contributed by atoms with E-state index in [0.29, 0.717) is 6.42 Å². The number of carboxylic acids is 2. The van der Waals surface area contributed by atoms with Gasteiger partial charge in [-0.3, -0.25) is 28.8 Å². The van der Waals surface area contributed by atoms with Crippen molar-refractivity contribution in [2.24, 2.45) is 23.1 Å². The van der Waals surface area contributed by atoms with E-state index in [1.807, 2.05) is 0 Å². The van der Waals surface area contributed by atoms with Gasteiger partial charge in [0.05, 0.1) is 12.5 Å². The molecule has 0 aromatic carbocycles. The Hall–Kier alpha value is -3.75. The Morgan fingerprint density at radius 3 is 1.80 bits per heavy atom. The van der Waals surface area contributed by atoms with E-state index in [2.05, 4.69) is 16.0 Å². The normalized spacial score (nSPS) is 14.9. The molecule has 11 N–H and O–H groups in total. The van der Waals surface area contributed by atoms with Crippen LogP contribution in [0.1, 0.15) is 52.4 Å². The maximum atomic E-state index is 12.8. The average Bonchev–Trinajstić information content (AvgIpc) is 2.76. The highest BCUT2D eigenvalue weighted by Gasteiger charge is 2.33. The molecule has 0 saturated carbocycles. The van der Waals surface area contributed by atoms with Crippen LogP contribution in [0.2, 0.25) is 0 Å². The highest BCUT2D eigenvalue weighted by molar-refractivity contribution is 5.96. The molecule has 0 aliphatic rings. The first-order valence-electron chi connectivity index (χ1n) is 10.9. The number of hydrogen-bond acceptors (Lipinski definition) is 8. The van der Waals surface area contributed by atoms with Crippen LogP contribution in [0.4, 0.5) is 0 Å². The van der Waals surface area contributed by atoms with Crippen molar-refractivity contribution in [2.45, 2.75) is 76.5 Å². The van der Waals surface area contributed by atoms with Crippen LogP contribution < -0.4 is 33.2 Å². The number of amides is 5. The van der Waals surface area contributed by atoms with Crippen LogP contribution >= 0.6 is 0 Å². The largest absolute Gasteiger partial charge is 0.481 e. The van der Waals surface area contributed by atoms with Crippen molar-refractivity contribution < 1.29 is 43.8 Å². The van der Waals surface area contributed by atoms with E-state index >= 15 is 0 Å². The highest BCUT2D eigenvalue weighted by Crippen LogP contribution is 2.10. The van der Waals surface area contributed by atoms with Gasteiger partial charge in [-0.25, -0.2) is 4.79 Å². The molecule has 0 radical (unpaired) electrons. The maximum absolute atomic E-state index is 12.8. The molecule has 35 heavy (non-hydrogen) atoms. The Balaban J connectivity index is 5.56. The first kappa shape index (κ1) is 31.2. The van der Waals surface area contributed by atoms with E-state index < -0.39 is 84.4 Å². The lowest BCUT2D eigenvalue weighted by Gasteiger charge is -2.27. The van der Waals surface area contributed by atoms with E-state index in [-0.39, 0.29) is 19.3 Å². The third kappa shape index (κ3) is 12.3. The summed E-state index contributed by atoms with van der Waals surface area (Å²) in [6.45, 7) is 3.32. The van der Waals surface area contributed by atoms with E-state index in [4.69, 9.17) is 22.3 Å². The van der Waals surface area contributed by atoms with Gasteiger partial charge in [0.2, 0.25) is 29.5 Å². The number of nitrogens with one attached hydrogen (secondary N) is 3. The van der Waals surface area contributed by atoms with Gasteiger partial charge in [-0.05, 0) is 18.8 Å². The van der Waals surface area contributed by atoms with E-state index in [0.717, 1.165) is 0 Å². The van der Waals surface area contributed by atoms with Crippen LogP contribution in [-0.2, 0) is 33.6 Å². The summed E-state index contributed by atoms with van der Waals surface area (Å²) >= 11 is 0. The van der Waals surface area contributed by atoms with Crippen molar-refractivity contribution in [3.8, 4) is 0 Å². The monoisotopic (exact) mass is 502 g/mol. The summed E-state index contributed by atoms with van der Waals surface area (Å²) in [5.74, 6) is -7.56. The third-order valence-electron chi connectivity index (χ3n) is 5.13. The van der Waals surface area contributed by atoms with Gasteiger partial charge in [0.25, 0.3) is 0 Å². The topological polar surface area (TPSA) is 274 Å². The predicted molar refractivity (Wildman–Crippen MR) is 120 cm³/mol. The van der Waals surface area contributed by atoms with Gasteiger partial charge < -0.3 is 43.4 Å². The zero-order chi connectivity index (χ0) is 27.3. The summed E-state index contributed by atoms with van der Waals surface area (Å²) in [5, 5.41) is 24.9. The molecular weight excluding hydrogens is 468 g/mol. The molecule has 0 aromatic heterocycles. The predicted octanol–water partition coefficient (Wildman–Crippen LogP) is -3.10. The summed E-state index contributed by atoms with van der Waals surface area (Å²) in [6, 6.07) is -5.53. The number of carbonyl (C=O) groups excluding carboxylic acids is 5. The fourth-order valence-corrected chi connectivity index (χ4v) is 2.86. The number of rotatable bonds is 17. The number of carbonyl (C=O) groups is 7. The van der Waals surface area contributed by atoms with Crippen LogP contribution in [0.5, 0.6) is 0 Å². The Bertz CT molecular complexity index is 819. The van der Waals surface area contributed by atoms with Crippen molar-refractivity contribution in [2.75, 3.05) is 0 Å². The molecule has 0 rings (SSSR count). The fourth-order valence-electron chi connectivity index (χ4n) is 2.86. The molecule has 15 nitrogen and oxygen atoms in total. The second-order valence-electron chi connectivity index (χ2n) is 8.05.